The average Bonchev–Trinajstić information content (AvgIpc) is 2.74. The van der Waals surface area contributed by atoms with Crippen LogP contribution in [0.15, 0.2) is 66.7 Å². The molecule has 0 aliphatic rings. The van der Waals surface area contributed by atoms with Gasteiger partial charge in [0.05, 0.1) is 18.3 Å². The predicted molar refractivity (Wildman–Crippen MR) is 114 cm³/mol. The number of hydrogen-bond acceptors (Lipinski definition) is 1. The highest BCUT2D eigenvalue weighted by atomic mass is 19.1. The van der Waals surface area contributed by atoms with Gasteiger partial charge in [-0.15, -0.1) is 0 Å². The Labute approximate surface area is 167 Å². The Balaban J connectivity index is 1.87. The fourth-order valence-corrected chi connectivity index (χ4v) is 3.57. The fraction of sp³-hybridized carbons (Fsp3) is 0.269. The van der Waals surface area contributed by atoms with E-state index in [1.54, 1.807) is 0 Å². The lowest BCUT2D eigenvalue weighted by Gasteiger charge is -2.14. The lowest BCUT2D eigenvalue weighted by molar-refractivity contribution is 0.351. The van der Waals surface area contributed by atoms with Gasteiger partial charge in [-0.25, -0.2) is 0 Å². The van der Waals surface area contributed by atoms with Crippen LogP contribution in [0.25, 0.3) is 11.1 Å². The van der Waals surface area contributed by atoms with E-state index in [0.717, 1.165) is 36.0 Å². The second kappa shape index (κ2) is 9.33. The van der Waals surface area contributed by atoms with Crippen LogP contribution >= 0.6 is 0 Å². The van der Waals surface area contributed by atoms with Gasteiger partial charge < -0.3 is 0 Å². The minimum absolute atomic E-state index is 0.0888. The third-order valence-corrected chi connectivity index (χ3v) is 5.42. The van der Waals surface area contributed by atoms with Gasteiger partial charge in [-0.1, -0.05) is 74.0 Å². The molecule has 3 rings (SSSR count). The molecule has 28 heavy (non-hydrogen) atoms. The molecule has 0 radical (unpaired) electrons. The number of benzene rings is 3. The molecule has 2 heteroatoms. The Morgan fingerprint density at radius 1 is 0.964 bits per heavy atom. The summed E-state index contributed by atoms with van der Waals surface area (Å²) < 4.78 is 13.1. The van der Waals surface area contributed by atoms with Crippen LogP contribution in [0.4, 0.5) is 4.39 Å². The van der Waals surface area contributed by atoms with E-state index in [0.29, 0.717) is 5.56 Å². The van der Waals surface area contributed by atoms with Gasteiger partial charge in [0.2, 0.25) is 0 Å². The minimum Gasteiger partial charge on any atom is -0.251 e. The summed E-state index contributed by atoms with van der Waals surface area (Å²) in [5.74, 6) is 0.0888. The summed E-state index contributed by atoms with van der Waals surface area (Å²) >= 11 is 0. The second-order valence-electron chi connectivity index (χ2n) is 7.43. The highest BCUT2D eigenvalue weighted by Crippen LogP contribution is 2.26. The van der Waals surface area contributed by atoms with Crippen LogP contribution < -0.4 is 0 Å². The molecule has 0 heterocycles. The van der Waals surface area contributed by atoms with Crippen LogP contribution in [0.1, 0.15) is 41.2 Å². The number of rotatable bonds is 7. The van der Waals surface area contributed by atoms with E-state index < -0.39 is 0 Å². The van der Waals surface area contributed by atoms with Crippen molar-refractivity contribution in [3.63, 3.8) is 0 Å². The van der Waals surface area contributed by atoms with Crippen LogP contribution in [-0.2, 0) is 12.8 Å². The Morgan fingerprint density at radius 3 is 2.39 bits per heavy atom. The molecular formula is C26H26FN. The van der Waals surface area contributed by atoms with Gasteiger partial charge in [-0.05, 0) is 65.1 Å². The van der Waals surface area contributed by atoms with Crippen molar-refractivity contribution in [3.05, 3.63) is 94.5 Å². The molecule has 0 aliphatic heterocycles. The van der Waals surface area contributed by atoms with Gasteiger partial charge in [0.15, 0.2) is 0 Å². The van der Waals surface area contributed by atoms with Crippen molar-refractivity contribution in [2.45, 2.75) is 33.1 Å². The normalized spacial score (nSPS) is 11.8. The third-order valence-electron chi connectivity index (χ3n) is 5.42. The largest absolute Gasteiger partial charge is 0.251 e. The Bertz CT molecular complexity index is 965. The van der Waals surface area contributed by atoms with E-state index in [1.807, 2.05) is 49.4 Å². The molecule has 1 atom stereocenters. The maximum Gasteiger partial charge on any atom is 0.0998 e. The maximum absolute atomic E-state index is 13.1. The van der Waals surface area contributed by atoms with Crippen molar-refractivity contribution < 1.29 is 4.39 Å². The lowest BCUT2D eigenvalue weighted by Crippen LogP contribution is -2.06. The Hall–Kier alpha value is -2.92. The number of nitriles is 1. The zero-order chi connectivity index (χ0) is 19.9. The standard InChI is InChI=1S/C26H26FN/c1-3-20(17-27)13-21-10-9-19(2)24(14-21)15-22-11-12-26(25(16-22)18-28)23-7-5-4-6-8-23/h4-12,14,16,20H,3,13,15,17H2,1-2H3. The molecule has 0 aliphatic carbocycles. The average molecular weight is 371 g/mol. The fourth-order valence-electron chi connectivity index (χ4n) is 3.57. The molecule has 3 aromatic carbocycles. The predicted octanol–water partition coefficient (Wildman–Crippen LogP) is 6.66. The van der Waals surface area contributed by atoms with Crippen LogP contribution in [0.2, 0.25) is 0 Å². The first-order valence-electron chi connectivity index (χ1n) is 9.87. The van der Waals surface area contributed by atoms with Gasteiger partial charge in [-0.2, -0.15) is 5.26 Å². The Kier molecular flexibility index (Phi) is 6.61. The van der Waals surface area contributed by atoms with E-state index in [2.05, 4.69) is 37.3 Å². The lowest BCUT2D eigenvalue weighted by atomic mass is 9.91. The summed E-state index contributed by atoms with van der Waals surface area (Å²) in [5, 5.41) is 9.64. The summed E-state index contributed by atoms with van der Waals surface area (Å²) in [7, 11) is 0. The molecule has 0 bridgehead atoms. The summed E-state index contributed by atoms with van der Waals surface area (Å²) in [6.45, 7) is 3.87. The number of nitrogens with zero attached hydrogens (tertiary/aromatic N) is 1. The van der Waals surface area contributed by atoms with Gasteiger partial charge in [0.25, 0.3) is 0 Å². The van der Waals surface area contributed by atoms with Crippen molar-refractivity contribution in [2.75, 3.05) is 6.67 Å². The first-order chi connectivity index (χ1) is 13.6. The molecule has 1 unspecified atom stereocenters. The molecule has 0 N–H and O–H groups in total. The second-order valence-corrected chi connectivity index (χ2v) is 7.43. The van der Waals surface area contributed by atoms with E-state index in [4.69, 9.17) is 0 Å². The minimum atomic E-state index is -0.272. The monoisotopic (exact) mass is 371 g/mol. The smallest absolute Gasteiger partial charge is 0.0998 e. The van der Waals surface area contributed by atoms with Crippen molar-refractivity contribution in [1.82, 2.24) is 0 Å². The van der Waals surface area contributed by atoms with Crippen molar-refractivity contribution >= 4 is 0 Å². The van der Waals surface area contributed by atoms with E-state index in [9.17, 15) is 9.65 Å². The molecule has 0 aromatic heterocycles. The summed E-state index contributed by atoms with van der Waals surface area (Å²) in [6, 6.07) is 24.9. The maximum atomic E-state index is 13.1. The van der Waals surface area contributed by atoms with E-state index in [1.165, 1.54) is 16.7 Å². The molecule has 0 fully saturated rings. The third kappa shape index (κ3) is 4.67. The molecular weight excluding hydrogens is 345 g/mol. The van der Waals surface area contributed by atoms with Gasteiger partial charge in [-0.3, -0.25) is 4.39 Å². The molecule has 0 saturated carbocycles. The van der Waals surface area contributed by atoms with E-state index >= 15 is 0 Å². The van der Waals surface area contributed by atoms with Crippen LogP contribution in [0.5, 0.6) is 0 Å². The van der Waals surface area contributed by atoms with Gasteiger partial charge >= 0.3 is 0 Å². The van der Waals surface area contributed by atoms with E-state index in [-0.39, 0.29) is 12.6 Å². The van der Waals surface area contributed by atoms with Crippen molar-refractivity contribution in [2.24, 2.45) is 5.92 Å². The zero-order valence-electron chi connectivity index (χ0n) is 16.6. The van der Waals surface area contributed by atoms with Gasteiger partial charge in [0.1, 0.15) is 0 Å². The molecule has 0 saturated heterocycles. The highest BCUT2D eigenvalue weighted by molar-refractivity contribution is 5.71. The number of hydrogen-bond donors (Lipinski definition) is 0. The molecule has 0 amide bonds. The molecule has 142 valence electrons. The summed E-state index contributed by atoms with van der Waals surface area (Å²) in [5.41, 5.74) is 7.48. The van der Waals surface area contributed by atoms with Crippen LogP contribution in [0, 0.1) is 24.2 Å². The number of halogens is 1. The topological polar surface area (TPSA) is 23.8 Å². The quantitative estimate of drug-likeness (QED) is 0.455. The zero-order valence-corrected chi connectivity index (χ0v) is 16.6. The first kappa shape index (κ1) is 19.8. The molecule has 0 spiro atoms. The Morgan fingerprint density at radius 2 is 1.71 bits per heavy atom. The van der Waals surface area contributed by atoms with Crippen molar-refractivity contribution in [3.8, 4) is 17.2 Å². The summed E-state index contributed by atoms with van der Waals surface area (Å²) in [4.78, 5) is 0. The number of aryl methyl sites for hydroxylation is 1. The SMILES string of the molecule is CCC(CF)Cc1ccc(C)c(Cc2ccc(-c3ccccc3)c(C#N)c2)c1. The number of alkyl halides is 1. The van der Waals surface area contributed by atoms with Crippen LogP contribution in [-0.4, -0.2) is 6.67 Å². The first-order valence-corrected chi connectivity index (χ1v) is 9.87. The molecule has 3 aromatic rings. The summed E-state index contributed by atoms with van der Waals surface area (Å²) in [6.07, 6.45) is 2.40. The van der Waals surface area contributed by atoms with Gasteiger partial charge in [0, 0.05) is 0 Å². The highest BCUT2D eigenvalue weighted by Gasteiger charge is 2.10. The van der Waals surface area contributed by atoms with Crippen LogP contribution in [0.3, 0.4) is 0 Å². The molecule has 1 nitrogen and oxygen atoms in total. The van der Waals surface area contributed by atoms with Crippen molar-refractivity contribution in [1.29, 1.82) is 5.26 Å².